The van der Waals surface area contributed by atoms with Gasteiger partial charge in [-0.1, -0.05) is 17.6 Å². The van der Waals surface area contributed by atoms with E-state index in [0.717, 1.165) is 11.2 Å². The van der Waals surface area contributed by atoms with Gasteiger partial charge in [0.05, 0.1) is 16.8 Å². The normalized spacial score (nSPS) is 18.3. The first-order valence-corrected chi connectivity index (χ1v) is 7.43. The van der Waals surface area contributed by atoms with Gasteiger partial charge in [-0.05, 0) is 46.8 Å². The van der Waals surface area contributed by atoms with Crippen molar-refractivity contribution in [2.75, 3.05) is 18.0 Å². The number of nitrogens with zero attached hydrogens (tertiary/aromatic N) is 1. The highest BCUT2D eigenvalue weighted by Gasteiger charge is 2.37. The first-order chi connectivity index (χ1) is 9.50. The molecule has 21 heavy (non-hydrogen) atoms. The topological polar surface area (TPSA) is 52.9 Å². The van der Waals surface area contributed by atoms with Crippen molar-refractivity contribution in [3.05, 3.63) is 24.3 Å². The second-order valence-electron chi connectivity index (χ2n) is 7.38. The molecule has 0 atom stereocenters. The number of rotatable bonds is 5. The van der Waals surface area contributed by atoms with E-state index in [1.54, 1.807) is 13.8 Å². The molecule has 4 nitrogen and oxygen atoms in total. The number of anilines is 1. The van der Waals surface area contributed by atoms with Gasteiger partial charge in [-0.3, -0.25) is 0 Å². The lowest BCUT2D eigenvalue weighted by Crippen LogP contribution is -2.60. The first-order valence-electron chi connectivity index (χ1n) is 7.43. The maximum Gasteiger partial charge on any atom is 0.309 e. The molecule has 0 saturated carbocycles. The third-order valence-corrected chi connectivity index (χ3v) is 4.44. The molecule has 0 spiro atoms. The van der Waals surface area contributed by atoms with Gasteiger partial charge in [0.15, 0.2) is 0 Å². The number of hydrogen-bond donors (Lipinski definition) is 2. The smallest absolute Gasteiger partial charge is 0.309 e. The fraction of sp³-hybridized carbons (Fsp3) is 0.625. The molecule has 2 N–H and O–H groups in total. The maximum absolute atomic E-state index is 10.1. The lowest BCUT2D eigenvalue weighted by molar-refractivity contribution is -0.0893. The van der Waals surface area contributed by atoms with E-state index in [4.69, 9.17) is 4.65 Å². The molecule has 0 aromatic heterocycles. The summed E-state index contributed by atoms with van der Waals surface area (Å²) in [5, 5.41) is 19.8. The Bertz CT molecular complexity index is 483. The van der Waals surface area contributed by atoms with Crippen molar-refractivity contribution in [1.82, 2.24) is 0 Å². The monoisotopic (exact) mass is 291 g/mol. The van der Waals surface area contributed by atoms with Crippen LogP contribution in [-0.2, 0) is 4.65 Å². The summed E-state index contributed by atoms with van der Waals surface area (Å²) in [7, 11) is 0.467. The van der Waals surface area contributed by atoms with E-state index in [1.807, 2.05) is 45.0 Å². The van der Waals surface area contributed by atoms with Crippen molar-refractivity contribution < 1.29 is 14.9 Å². The third kappa shape index (κ3) is 3.79. The van der Waals surface area contributed by atoms with Crippen LogP contribution < -0.4 is 10.4 Å². The van der Waals surface area contributed by atoms with Crippen LogP contribution in [0.25, 0.3) is 0 Å². The van der Waals surface area contributed by atoms with Crippen LogP contribution in [0.1, 0.15) is 34.6 Å². The number of hydrogen-bond acceptors (Lipinski definition) is 4. The van der Waals surface area contributed by atoms with E-state index >= 15 is 0 Å². The van der Waals surface area contributed by atoms with Crippen molar-refractivity contribution >= 4 is 18.6 Å². The molecule has 1 aliphatic rings. The van der Waals surface area contributed by atoms with Crippen molar-refractivity contribution in [1.29, 1.82) is 0 Å². The molecule has 0 unspecified atom stereocenters. The molecule has 1 fully saturated rings. The highest BCUT2D eigenvalue weighted by Crippen LogP contribution is 2.27. The molecule has 1 heterocycles. The van der Waals surface area contributed by atoms with E-state index < -0.39 is 16.8 Å². The molecular formula is C16H26BNO3. The Hall–Kier alpha value is -1.04. The van der Waals surface area contributed by atoms with Crippen LogP contribution in [0.3, 0.4) is 0 Å². The van der Waals surface area contributed by atoms with Crippen molar-refractivity contribution in [3.63, 3.8) is 0 Å². The summed E-state index contributed by atoms with van der Waals surface area (Å²) in [6.45, 7) is 10.5. The van der Waals surface area contributed by atoms with Crippen molar-refractivity contribution in [2.45, 2.75) is 51.4 Å². The highest BCUT2D eigenvalue weighted by molar-refractivity contribution is 6.47. The number of aliphatic hydroxyl groups is 2. The zero-order valence-corrected chi connectivity index (χ0v) is 13.7. The maximum atomic E-state index is 10.1. The van der Waals surface area contributed by atoms with Crippen molar-refractivity contribution in [3.8, 4) is 0 Å². The van der Waals surface area contributed by atoms with Gasteiger partial charge >= 0.3 is 7.48 Å². The van der Waals surface area contributed by atoms with Gasteiger partial charge in [0, 0.05) is 18.8 Å². The Morgan fingerprint density at radius 3 is 2.10 bits per heavy atom. The predicted octanol–water partition coefficient (Wildman–Crippen LogP) is 0.800. The van der Waals surface area contributed by atoms with E-state index in [0.29, 0.717) is 20.6 Å². The molecule has 5 heteroatoms. The van der Waals surface area contributed by atoms with Crippen molar-refractivity contribution in [2.24, 2.45) is 0 Å². The number of benzene rings is 1. The second-order valence-corrected chi connectivity index (χ2v) is 7.38. The molecule has 1 saturated heterocycles. The summed E-state index contributed by atoms with van der Waals surface area (Å²) in [5.41, 5.74) is 0.131. The zero-order valence-electron chi connectivity index (χ0n) is 13.7. The van der Waals surface area contributed by atoms with Gasteiger partial charge in [0.25, 0.3) is 0 Å². The van der Waals surface area contributed by atoms with E-state index in [-0.39, 0.29) is 0 Å². The average molecular weight is 291 g/mol. The summed E-state index contributed by atoms with van der Waals surface area (Å²) in [6.07, 6.45) is 0. The molecule has 2 rings (SSSR count). The lowest BCUT2D eigenvalue weighted by Gasteiger charge is -2.45. The molecule has 0 amide bonds. The molecular weight excluding hydrogens is 265 g/mol. The van der Waals surface area contributed by atoms with Crippen LogP contribution in [0.5, 0.6) is 0 Å². The van der Waals surface area contributed by atoms with Gasteiger partial charge in [0.2, 0.25) is 0 Å². The van der Waals surface area contributed by atoms with Crippen LogP contribution in [0, 0.1) is 0 Å². The molecule has 1 aromatic rings. The molecule has 0 bridgehead atoms. The lowest BCUT2D eigenvalue weighted by atomic mass is 9.82. The summed E-state index contributed by atoms with van der Waals surface area (Å²) in [6, 6.07) is 8.15. The summed E-state index contributed by atoms with van der Waals surface area (Å²) in [5.74, 6) is 0. The van der Waals surface area contributed by atoms with Gasteiger partial charge in [-0.2, -0.15) is 0 Å². The highest BCUT2D eigenvalue weighted by atomic mass is 16.5. The first kappa shape index (κ1) is 16.3. The molecule has 1 aromatic carbocycles. The fourth-order valence-corrected chi connectivity index (χ4v) is 2.20. The molecule has 1 aliphatic heterocycles. The van der Waals surface area contributed by atoms with Crippen LogP contribution in [0.4, 0.5) is 5.69 Å². The van der Waals surface area contributed by atoms with Crippen LogP contribution >= 0.6 is 0 Å². The molecule has 116 valence electrons. The summed E-state index contributed by atoms with van der Waals surface area (Å²) in [4.78, 5) is 2.14. The Balaban J connectivity index is 1.92. The second kappa shape index (κ2) is 5.31. The SMILES string of the molecule is CC1(O)CN(c2ccc(BOC(C)(C)C(C)(C)O)cc2)C1. The number of β-amino-alcohol motifs (C(OH)–C–C–N with tert-alkyl or cyclic N) is 1. The minimum atomic E-state index is -0.893. The fourth-order valence-electron chi connectivity index (χ4n) is 2.20. The van der Waals surface area contributed by atoms with E-state index in [1.165, 1.54) is 0 Å². The average Bonchev–Trinajstić information content (AvgIpc) is 2.33. The van der Waals surface area contributed by atoms with Gasteiger partial charge in [-0.25, -0.2) is 0 Å². The van der Waals surface area contributed by atoms with E-state index in [2.05, 4.69) is 4.90 Å². The van der Waals surface area contributed by atoms with Crippen LogP contribution in [0.2, 0.25) is 0 Å². The largest absolute Gasteiger partial charge is 0.427 e. The Labute approximate surface area is 128 Å². The van der Waals surface area contributed by atoms with E-state index in [9.17, 15) is 10.2 Å². The van der Waals surface area contributed by atoms with Gasteiger partial charge in [0.1, 0.15) is 0 Å². The molecule has 0 radical (unpaired) electrons. The zero-order chi connectivity index (χ0) is 15.9. The molecule has 0 aliphatic carbocycles. The third-order valence-electron chi connectivity index (χ3n) is 4.44. The Kier molecular flexibility index (Phi) is 4.13. The minimum absolute atomic E-state index is 0.467. The quantitative estimate of drug-likeness (QED) is 0.788. The summed E-state index contributed by atoms with van der Waals surface area (Å²) < 4.78 is 5.85. The van der Waals surface area contributed by atoms with Crippen LogP contribution in [0.15, 0.2) is 24.3 Å². The Morgan fingerprint density at radius 2 is 1.67 bits per heavy atom. The van der Waals surface area contributed by atoms with Crippen LogP contribution in [-0.4, -0.2) is 47.6 Å². The van der Waals surface area contributed by atoms with Gasteiger partial charge in [-0.15, -0.1) is 0 Å². The summed E-state index contributed by atoms with van der Waals surface area (Å²) >= 11 is 0. The standard InChI is InChI=1S/C16H26BNO3/c1-14(2,19)15(3,4)21-17-12-6-8-13(9-7-12)18-10-16(5,20)11-18/h6-9,17,19-20H,10-11H2,1-5H3. The Morgan fingerprint density at radius 1 is 1.14 bits per heavy atom. The predicted molar refractivity (Wildman–Crippen MR) is 87.5 cm³/mol. The minimum Gasteiger partial charge on any atom is -0.427 e. The van der Waals surface area contributed by atoms with Gasteiger partial charge < -0.3 is 19.8 Å².